The maximum Gasteiger partial charge on any atom is 0.278 e. The molecule has 0 aliphatic heterocycles. The Bertz CT molecular complexity index is 231. The van der Waals surface area contributed by atoms with E-state index in [1.54, 1.807) is 0 Å². The van der Waals surface area contributed by atoms with Gasteiger partial charge in [-0.3, -0.25) is 4.79 Å². The van der Waals surface area contributed by atoms with Gasteiger partial charge in [0.1, 0.15) is 0 Å². The summed E-state index contributed by atoms with van der Waals surface area (Å²) in [5.74, 6) is 0.0492. The minimum absolute atomic E-state index is 0.0492. The molecule has 0 spiro atoms. The van der Waals surface area contributed by atoms with Gasteiger partial charge < -0.3 is 4.42 Å². The van der Waals surface area contributed by atoms with Crippen LogP contribution >= 0.6 is 22.6 Å². The van der Waals surface area contributed by atoms with Gasteiger partial charge in [0.05, 0.1) is 0 Å². The molecule has 2 nitrogen and oxygen atoms in total. The van der Waals surface area contributed by atoms with Crippen LogP contribution in [0.4, 0.5) is 4.39 Å². The fourth-order valence-electron chi connectivity index (χ4n) is 0.420. The van der Waals surface area contributed by atoms with E-state index >= 15 is 0 Å². The Labute approximate surface area is 64.2 Å². The zero-order valence-corrected chi connectivity index (χ0v) is 6.38. The SMILES string of the molecule is O=C(I)c1ccc(F)o1. The zero-order valence-electron chi connectivity index (χ0n) is 4.23. The maximum absolute atomic E-state index is 12.0. The lowest BCUT2D eigenvalue weighted by Crippen LogP contribution is -1.80. The van der Waals surface area contributed by atoms with Crippen LogP contribution in [0.2, 0.25) is 0 Å². The summed E-state index contributed by atoms with van der Waals surface area (Å²) in [6, 6.07) is 1.67. The maximum atomic E-state index is 12.0. The number of carbonyl (C=O) groups is 1. The highest BCUT2D eigenvalue weighted by atomic mass is 127. The second kappa shape index (κ2) is 2.47. The Hall–Kier alpha value is -0.390. The molecule has 0 N–H and O–H groups in total. The average molecular weight is 240 g/mol. The third kappa shape index (κ3) is 1.51. The van der Waals surface area contributed by atoms with Gasteiger partial charge in [-0.25, -0.2) is 0 Å². The van der Waals surface area contributed by atoms with Crippen molar-refractivity contribution in [2.45, 2.75) is 0 Å². The van der Waals surface area contributed by atoms with Gasteiger partial charge in [0.25, 0.3) is 9.80 Å². The highest BCUT2D eigenvalue weighted by Crippen LogP contribution is 2.09. The molecule has 1 aromatic heterocycles. The first kappa shape index (κ1) is 6.73. The second-order valence-corrected chi connectivity index (χ2v) is 2.36. The van der Waals surface area contributed by atoms with Crippen LogP contribution in [0.1, 0.15) is 10.6 Å². The molecule has 0 fully saturated rings. The van der Waals surface area contributed by atoms with E-state index in [1.807, 2.05) is 0 Å². The number of halogens is 2. The van der Waals surface area contributed by atoms with Crippen LogP contribution in [0.15, 0.2) is 16.5 Å². The van der Waals surface area contributed by atoms with Crippen LogP contribution < -0.4 is 0 Å². The number of hydrogen-bond acceptors (Lipinski definition) is 2. The Balaban J connectivity index is 2.98. The third-order valence-electron chi connectivity index (χ3n) is 0.767. The molecule has 0 aliphatic rings. The predicted molar refractivity (Wildman–Crippen MR) is 37.0 cm³/mol. The Kier molecular flexibility index (Phi) is 1.84. The van der Waals surface area contributed by atoms with Crippen molar-refractivity contribution >= 4 is 26.4 Å². The highest BCUT2D eigenvalue weighted by Gasteiger charge is 2.05. The monoisotopic (exact) mass is 240 g/mol. The van der Waals surface area contributed by atoms with Gasteiger partial charge >= 0.3 is 0 Å². The minimum Gasteiger partial charge on any atom is -0.427 e. The summed E-state index contributed by atoms with van der Waals surface area (Å²) < 4.78 is 16.0. The van der Waals surface area contributed by atoms with Crippen LogP contribution in [0.3, 0.4) is 0 Å². The number of carbonyl (C=O) groups excluding carboxylic acids is 1. The number of furan rings is 1. The van der Waals surface area contributed by atoms with Crippen molar-refractivity contribution in [2.75, 3.05) is 0 Å². The molecule has 0 aliphatic carbocycles. The van der Waals surface area contributed by atoms with Gasteiger partial charge in [-0.15, -0.1) is 0 Å². The largest absolute Gasteiger partial charge is 0.427 e. The third-order valence-corrected chi connectivity index (χ3v) is 1.30. The normalized spacial score (nSPS) is 9.56. The molecule has 1 heterocycles. The van der Waals surface area contributed by atoms with Crippen molar-refractivity contribution < 1.29 is 13.6 Å². The van der Waals surface area contributed by atoms with Gasteiger partial charge in [0, 0.05) is 28.7 Å². The molecule has 0 saturated heterocycles. The van der Waals surface area contributed by atoms with E-state index in [2.05, 4.69) is 4.42 Å². The summed E-state index contributed by atoms with van der Waals surface area (Å²) >= 11 is 1.52. The Morgan fingerprint density at radius 2 is 2.33 bits per heavy atom. The fourth-order valence-corrected chi connectivity index (χ4v) is 0.710. The van der Waals surface area contributed by atoms with Gasteiger partial charge in [-0.05, 0) is 6.07 Å². The lowest BCUT2D eigenvalue weighted by Gasteiger charge is -1.79. The van der Waals surface area contributed by atoms with Crippen LogP contribution in [-0.2, 0) is 0 Å². The molecular formula is C5H2FIO2. The summed E-state index contributed by atoms with van der Waals surface area (Å²) in [5, 5.41) is 0. The summed E-state index contributed by atoms with van der Waals surface area (Å²) in [6.07, 6.45) is 0. The standard InChI is InChI=1S/C5H2FIO2/c6-4-2-1-3(9-4)5(7)8/h1-2H. The summed E-state index contributed by atoms with van der Waals surface area (Å²) in [5.41, 5.74) is 0. The van der Waals surface area contributed by atoms with Crippen molar-refractivity contribution in [3.8, 4) is 0 Å². The van der Waals surface area contributed by atoms with Crippen LogP contribution in [0, 0.1) is 6.01 Å². The molecule has 0 saturated carbocycles. The molecule has 0 unspecified atom stereocenters. The zero-order chi connectivity index (χ0) is 6.85. The molecule has 0 bridgehead atoms. The summed E-state index contributed by atoms with van der Waals surface area (Å²) in [7, 11) is 0. The van der Waals surface area contributed by atoms with E-state index in [0.29, 0.717) is 0 Å². The van der Waals surface area contributed by atoms with Gasteiger partial charge in [0.2, 0.25) is 0 Å². The van der Waals surface area contributed by atoms with Crippen LogP contribution in [0.5, 0.6) is 0 Å². The van der Waals surface area contributed by atoms with Crippen LogP contribution in [-0.4, -0.2) is 3.79 Å². The number of rotatable bonds is 1. The highest BCUT2D eigenvalue weighted by molar-refractivity contribution is 14.1. The first-order chi connectivity index (χ1) is 4.20. The summed E-state index contributed by atoms with van der Waals surface area (Å²) in [4.78, 5) is 10.4. The topological polar surface area (TPSA) is 30.2 Å². The molecule has 0 atom stereocenters. The van der Waals surface area contributed by atoms with Crippen LogP contribution in [0.25, 0.3) is 0 Å². The Morgan fingerprint density at radius 1 is 1.67 bits per heavy atom. The molecule has 0 radical (unpaired) electrons. The second-order valence-electron chi connectivity index (χ2n) is 1.38. The smallest absolute Gasteiger partial charge is 0.278 e. The van der Waals surface area contributed by atoms with E-state index < -0.39 is 6.01 Å². The average Bonchev–Trinajstić information content (AvgIpc) is 2.14. The Morgan fingerprint density at radius 3 is 2.56 bits per heavy atom. The van der Waals surface area contributed by atoms with Crippen molar-refractivity contribution in [3.05, 3.63) is 23.9 Å². The first-order valence-corrected chi connectivity index (χ1v) is 3.23. The molecule has 4 heteroatoms. The van der Waals surface area contributed by atoms with Gasteiger partial charge in [0.15, 0.2) is 5.76 Å². The quantitative estimate of drug-likeness (QED) is 0.555. The van der Waals surface area contributed by atoms with E-state index in [4.69, 9.17) is 0 Å². The summed E-state index contributed by atoms with van der Waals surface area (Å²) in [6.45, 7) is 0. The van der Waals surface area contributed by atoms with E-state index in [-0.39, 0.29) is 9.55 Å². The molecular weight excluding hydrogens is 238 g/mol. The molecule has 0 aromatic carbocycles. The van der Waals surface area contributed by atoms with Gasteiger partial charge in [-0.1, -0.05) is 0 Å². The lowest BCUT2D eigenvalue weighted by atomic mass is 10.5. The minimum atomic E-state index is -0.727. The van der Waals surface area contributed by atoms with E-state index in [1.165, 1.54) is 28.7 Å². The van der Waals surface area contributed by atoms with E-state index in [0.717, 1.165) is 6.07 Å². The van der Waals surface area contributed by atoms with E-state index in [9.17, 15) is 9.18 Å². The molecule has 9 heavy (non-hydrogen) atoms. The molecule has 1 aromatic rings. The molecule has 1 rings (SSSR count). The van der Waals surface area contributed by atoms with Crippen molar-refractivity contribution in [2.24, 2.45) is 0 Å². The van der Waals surface area contributed by atoms with Crippen molar-refractivity contribution in [3.63, 3.8) is 0 Å². The fraction of sp³-hybridized carbons (Fsp3) is 0. The van der Waals surface area contributed by atoms with Gasteiger partial charge in [-0.2, -0.15) is 4.39 Å². The van der Waals surface area contributed by atoms with Crippen molar-refractivity contribution in [1.82, 2.24) is 0 Å². The number of hydrogen-bond donors (Lipinski definition) is 0. The molecule has 48 valence electrons. The first-order valence-electron chi connectivity index (χ1n) is 2.15. The lowest BCUT2D eigenvalue weighted by molar-refractivity contribution is 0.107. The predicted octanol–water partition coefficient (Wildman–Crippen LogP) is 1.99. The van der Waals surface area contributed by atoms with Crippen molar-refractivity contribution in [1.29, 1.82) is 0 Å². The molecule has 0 amide bonds.